The number of hydrogen-bond acceptors (Lipinski definition) is 3. The number of carbonyl (C=O) groups excluding carboxylic acids is 1. The first-order chi connectivity index (χ1) is 10.2. The maximum atomic E-state index is 11.9. The van der Waals surface area contributed by atoms with Gasteiger partial charge < -0.3 is 15.4 Å². The highest BCUT2D eigenvalue weighted by Crippen LogP contribution is 2.22. The predicted octanol–water partition coefficient (Wildman–Crippen LogP) is 2.73. The van der Waals surface area contributed by atoms with Gasteiger partial charge in [0.15, 0.2) is 0 Å². The predicted molar refractivity (Wildman–Crippen MR) is 84.5 cm³/mol. The molecule has 2 N–H and O–H groups in total. The zero-order valence-corrected chi connectivity index (χ0v) is 12.3. The number of nitrogens with one attached hydrogen (secondary N) is 2. The van der Waals surface area contributed by atoms with Crippen molar-refractivity contribution in [1.82, 2.24) is 5.32 Å². The molecule has 0 aliphatic heterocycles. The molecule has 1 amide bonds. The second-order valence-electron chi connectivity index (χ2n) is 4.84. The largest absolute Gasteiger partial charge is 0.495 e. The second-order valence-corrected chi connectivity index (χ2v) is 4.84. The average Bonchev–Trinajstić information content (AvgIpc) is 2.48. The summed E-state index contributed by atoms with van der Waals surface area (Å²) in [5, 5.41) is 5.97. The fourth-order valence-corrected chi connectivity index (χ4v) is 2.08. The van der Waals surface area contributed by atoms with E-state index in [2.05, 4.69) is 29.7 Å². The van der Waals surface area contributed by atoms with Crippen molar-refractivity contribution in [2.24, 2.45) is 0 Å². The van der Waals surface area contributed by atoms with Crippen LogP contribution in [0.1, 0.15) is 11.1 Å². The van der Waals surface area contributed by atoms with Gasteiger partial charge in [0, 0.05) is 6.54 Å². The molecule has 0 bridgehead atoms. The van der Waals surface area contributed by atoms with Gasteiger partial charge in [0.25, 0.3) is 0 Å². The summed E-state index contributed by atoms with van der Waals surface area (Å²) >= 11 is 0. The summed E-state index contributed by atoms with van der Waals surface area (Å²) in [4.78, 5) is 11.9. The number of anilines is 1. The third-order valence-corrected chi connectivity index (χ3v) is 3.08. The molecule has 0 aromatic heterocycles. The molecule has 110 valence electrons. The summed E-state index contributed by atoms with van der Waals surface area (Å²) in [5.74, 6) is 0.566. The van der Waals surface area contributed by atoms with Crippen LogP contribution in [-0.2, 0) is 11.3 Å². The van der Waals surface area contributed by atoms with Crippen LogP contribution in [0, 0.1) is 6.92 Å². The number of para-hydroxylation sites is 2. The molecular formula is C17H20N2O2. The summed E-state index contributed by atoms with van der Waals surface area (Å²) in [6.07, 6.45) is 0. The zero-order valence-electron chi connectivity index (χ0n) is 12.3. The van der Waals surface area contributed by atoms with Crippen molar-refractivity contribution in [2.45, 2.75) is 13.5 Å². The van der Waals surface area contributed by atoms with Crippen molar-refractivity contribution in [1.29, 1.82) is 0 Å². The van der Waals surface area contributed by atoms with Crippen LogP contribution >= 0.6 is 0 Å². The quantitative estimate of drug-likeness (QED) is 0.857. The van der Waals surface area contributed by atoms with Gasteiger partial charge in [0.2, 0.25) is 5.91 Å². The Morgan fingerprint density at radius 3 is 2.71 bits per heavy atom. The summed E-state index contributed by atoms with van der Waals surface area (Å²) in [7, 11) is 1.58. The van der Waals surface area contributed by atoms with E-state index in [0.717, 1.165) is 0 Å². The van der Waals surface area contributed by atoms with E-state index in [1.54, 1.807) is 7.11 Å². The number of rotatable bonds is 6. The Morgan fingerprint density at radius 1 is 1.14 bits per heavy atom. The van der Waals surface area contributed by atoms with E-state index < -0.39 is 0 Å². The van der Waals surface area contributed by atoms with Gasteiger partial charge >= 0.3 is 0 Å². The van der Waals surface area contributed by atoms with Gasteiger partial charge in [-0.05, 0) is 24.6 Å². The number of methoxy groups -OCH3 is 1. The third-order valence-electron chi connectivity index (χ3n) is 3.08. The Hall–Kier alpha value is -2.33. The van der Waals surface area contributed by atoms with Gasteiger partial charge in [-0.2, -0.15) is 0 Å². The van der Waals surface area contributed by atoms with Crippen LogP contribution in [-0.4, -0.2) is 19.6 Å². The Labute approximate surface area is 125 Å². The van der Waals surface area contributed by atoms with Gasteiger partial charge in [0.1, 0.15) is 5.75 Å². The SMILES string of the molecule is COc1ccccc1NC(=O)CNCc1cccc(C)c1. The molecule has 0 spiro atoms. The lowest BCUT2D eigenvalue weighted by molar-refractivity contribution is -0.115. The molecule has 0 atom stereocenters. The fourth-order valence-electron chi connectivity index (χ4n) is 2.08. The van der Waals surface area contributed by atoms with Crippen molar-refractivity contribution in [3.8, 4) is 5.75 Å². The molecule has 0 radical (unpaired) electrons. The van der Waals surface area contributed by atoms with Crippen molar-refractivity contribution in [3.63, 3.8) is 0 Å². The van der Waals surface area contributed by atoms with Crippen LogP contribution in [0.4, 0.5) is 5.69 Å². The lowest BCUT2D eigenvalue weighted by Crippen LogP contribution is -2.27. The monoisotopic (exact) mass is 284 g/mol. The van der Waals surface area contributed by atoms with E-state index in [0.29, 0.717) is 18.0 Å². The van der Waals surface area contributed by atoms with Gasteiger partial charge in [-0.3, -0.25) is 4.79 Å². The first-order valence-corrected chi connectivity index (χ1v) is 6.88. The fraction of sp³-hybridized carbons (Fsp3) is 0.235. The van der Waals surface area contributed by atoms with E-state index in [4.69, 9.17) is 4.74 Å². The van der Waals surface area contributed by atoms with Crippen molar-refractivity contribution in [3.05, 3.63) is 59.7 Å². The van der Waals surface area contributed by atoms with Gasteiger partial charge in [0.05, 0.1) is 19.3 Å². The topological polar surface area (TPSA) is 50.4 Å². The van der Waals surface area contributed by atoms with E-state index in [1.807, 2.05) is 36.4 Å². The standard InChI is InChI=1S/C17H20N2O2/c1-13-6-5-7-14(10-13)11-18-12-17(20)19-15-8-3-4-9-16(15)21-2/h3-10,18H,11-12H2,1-2H3,(H,19,20). The van der Waals surface area contributed by atoms with E-state index in [9.17, 15) is 4.79 Å². The molecular weight excluding hydrogens is 264 g/mol. The number of amides is 1. The van der Waals surface area contributed by atoms with E-state index in [-0.39, 0.29) is 12.5 Å². The number of aryl methyl sites for hydroxylation is 1. The van der Waals surface area contributed by atoms with Gasteiger partial charge in [-0.1, -0.05) is 42.0 Å². The molecule has 0 aliphatic carbocycles. The molecule has 2 aromatic carbocycles. The Bertz CT molecular complexity index is 611. The molecule has 4 nitrogen and oxygen atoms in total. The van der Waals surface area contributed by atoms with Crippen LogP contribution in [0.25, 0.3) is 0 Å². The molecule has 0 saturated heterocycles. The Morgan fingerprint density at radius 2 is 1.95 bits per heavy atom. The first kappa shape index (κ1) is 15.1. The van der Waals surface area contributed by atoms with Crippen molar-refractivity contribution >= 4 is 11.6 Å². The molecule has 0 heterocycles. The van der Waals surface area contributed by atoms with E-state index >= 15 is 0 Å². The van der Waals surface area contributed by atoms with Crippen molar-refractivity contribution in [2.75, 3.05) is 19.0 Å². The van der Waals surface area contributed by atoms with Crippen LogP contribution in [0.2, 0.25) is 0 Å². The van der Waals surface area contributed by atoms with Gasteiger partial charge in [-0.15, -0.1) is 0 Å². The smallest absolute Gasteiger partial charge is 0.238 e. The average molecular weight is 284 g/mol. The van der Waals surface area contributed by atoms with Crippen LogP contribution < -0.4 is 15.4 Å². The molecule has 0 aliphatic rings. The summed E-state index contributed by atoms with van der Waals surface area (Å²) in [6.45, 7) is 2.98. The summed E-state index contributed by atoms with van der Waals surface area (Å²) in [6, 6.07) is 15.6. The zero-order chi connectivity index (χ0) is 15.1. The van der Waals surface area contributed by atoms with Crippen molar-refractivity contribution < 1.29 is 9.53 Å². The molecule has 0 saturated carbocycles. The highest BCUT2D eigenvalue weighted by molar-refractivity contribution is 5.93. The number of benzene rings is 2. The molecule has 2 rings (SSSR count). The Balaban J connectivity index is 1.82. The van der Waals surface area contributed by atoms with Gasteiger partial charge in [-0.25, -0.2) is 0 Å². The van der Waals surface area contributed by atoms with Crippen LogP contribution in [0.3, 0.4) is 0 Å². The lowest BCUT2D eigenvalue weighted by Gasteiger charge is -2.10. The third kappa shape index (κ3) is 4.61. The Kier molecular flexibility index (Phi) is 5.35. The maximum absolute atomic E-state index is 11.9. The normalized spacial score (nSPS) is 10.2. The maximum Gasteiger partial charge on any atom is 0.238 e. The highest BCUT2D eigenvalue weighted by Gasteiger charge is 2.06. The number of hydrogen-bond donors (Lipinski definition) is 2. The molecule has 2 aromatic rings. The van der Waals surface area contributed by atoms with Crippen LogP contribution in [0.5, 0.6) is 5.75 Å². The number of carbonyl (C=O) groups is 1. The molecule has 0 unspecified atom stereocenters. The van der Waals surface area contributed by atoms with E-state index in [1.165, 1.54) is 11.1 Å². The molecule has 4 heteroatoms. The summed E-state index contributed by atoms with van der Waals surface area (Å²) in [5.41, 5.74) is 3.07. The molecule has 0 fully saturated rings. The molecule has 21 heavy (non-hydrogen) atoms. The minimum atomic E-state index is -0.0906. The lowest BCUT2D eigenvalue weighted by atomic mass is 10.1. The first-order valence-electron chi connectivity index (χ1n) is 6.88. The minimum Gasteiger partial charge on any atom is -0.495 e. The van der Waals surface area contributed by atoms with Crippen LogP contribution in [0.15, 0.2) is 48.5 Å². The minimum absolute atomic E-state index is 0.0906. The summed E-state index contributed by atoms with van der Waals surface area (Å²) < 4.78 is 5.20. The second kappa shape index (κ2) is 7.45. The highest BCUT2D eigenvalue weighted by atomic mass is 16.5. The number of ether oxygens (including phenoxy) is 1.